The molecule has 2 rings (SSSR count). The molecular weight excluding hydrogens is 424 g/mol. The molecule has 0 aliphatic rings. The first-order chi connectivity index (χ1) is 15.6. The summed E-state index contributed by atoms with van der Waals surface area (Å²) in [7, 11) is 4.94. The van der Waals surface area contributed by atoms with Gasteiger partial charge in [-0.05, 0) is 50.2 Å². The van der Waals surface area contributed by atoms with Gasteiger partial charge in [-0.3, -0.25) is 15.0 Å². The van der Waals surface area contributed by atoms with E-state index in [0.29, 0.717) is 29.4 Å². The van der Waals surface area contributed by atoms with Gasteiger partial charge in [0.2, 0.25) is 0 Å². The number of carbonyl (C=O) groups is 2. The van der Waals surface area contributed by atoms with Gasteiger partial charge in [-0.25, -0.2) is 0 Å². The van der Waals surface area contributed by atoms with E-state index in [9.17, 15) is 9.59 Å². The standard InChI is InChI=1S/C24H32N4O5/c1-15(25)10-22(26)27-23(29)18-11-20(32-16(2)14-31-5)13-21(12-18)33-19-8-6-17(7-9-19)24(30)28(3)4/h6-9,11-13,15-16H,10,14,25H2,1-5H3,(H2,26,27,29). The highest BCUT2D eigenvalue weighted by Crippen LogP contribution is 2.28. The molecule has 2 aromatic carbocycles. The fourth-order valence-electron chi connectivity index (χ4n) is 2.97. The van der Waals surface area contributed by atoms with Crippen LogP contribution in [0, 0.1) is 5.41 Å². The first kappa shape index (κ1) is 25.8. The molecule has 2 aromatic rings. The Balaban J connectivity index is 2.28. The number of carbonyl (C=O) groups excluding carboxylic acids is 2. The second-order valence-electron chi connectivity index (χ2n) is 8.02. The number of rotatable bonds is 10. The van der Waals surface area contributed by atoms with E-state index in [4.69, 9.17) is 25.4 Å². The molecule has 178 valence electrons. The molecule has 0 saturated heterocycles. The third kappa shape index (κ3) is 8.21. The predicted molar refractivity (Wildman–Crippen MR) is 126 cm³/mol. The minimum absolute atomic E-state index is 0.0256. The van der Waals surface area contributed by atoms with Crippen molar-refractivity contribution < 1.29 is 23.8 Å². The molecule has 4 N–H and O–H groups in total. The van der Waals surface area contributed by atoms with Crippen molar-refractivity contribution in [2.45, 2.75) is 32.4 Å². The molecule has 0 aliphatic heterocycles. The van der Waals surface area contributed by atoms with Gasteiger partial charge in [0.05, 0.1) is 6.61 Å². The zero-order chi connectivity index (χ0) is 24.5. The van der Waals surface area contributed by atoms with E-state index in [1.165, 1.54) is 4.90 Å². The van der Waals surface area contributed by atoms with Crippen LogP contribution >= 0.6 is 0 Å². The van der Waals surface area contributed by atoms with Crippen LogP contribution < -0.4 is 20.5 Å². The molecule has 9 nitrogen and oxygen atoms in total. The fraction of sp³-hybridized carbons (Fsp3) is 0.375. The van der Waals surface area contributed by atoms with Crippen molar-refractivity contribution in [3.8, 4) is 17.2 Å². The third-order valence-electron chi connectivity index (χ3n) is 4.41. The van der Waals surface area contributed by atoms with Crippen LogP contribution in [0.1, 0.15) is 41.0 Å². The molecule has 0 radical (unpaired) electrons. The zero-order valence-corrected chi connectivity index (χ0v) is 19.7. The Morgan fingerprint density at radius 3 is 2.24 bits per heavy atom. The Labute approximate surface area is 194 Å². The topological polar surface area (TPSA) is 127 Å². The van der Waals surface area contributed by atoms with Crippen LogP contribution in [-0.2, 0) is 4.74 Å². The molecule has 2 atom stereocenters. The Morgan fingerprint density at radius 1 is 1.03 bits per heavy atom. The maximum absolute atomic E-state index is 12.7. The van der Waals surface area contributed by atoms with E-state index >= 15 is 0 Å². The van der Waals surface area contributed by atoms with Gasteiger partial charge in [-0.1, -0.05) is 0 Å². The van der Waals surface area contributed by atoms with E-state index < -0.39 is 5.91 Å². The van der Waals surface area contributed by atoms with Crippen LogP contribution in [0.3, 0.4) is 0 Å². The maximum atomic E-state index is 12.7. The van der Waals surface area contributed by atoms with Crippen LogP contribution in [0.4, 0.5) is 0 Å². The van der Waals surface area contributed by atoms with Crippen molar-refractivity contribution in [2.24, 2.45) is 5.73 Å². The van der Waals surface area contributed by atoms with E-state index in [-0.39, 0.29) is 35.9 Å². The molecule has 33 heavy (non-hydrogen) atoms. The summed E-state index contributed by atoms with van der Waals surface area (Å²) in [5.41, 5.74) is 6.50. The van der Waals surface area contributed by atoms with E-state index in [0.717, 1.165) is 0 Å². The fourth-order valence-corrected chi connectivity index (χ4v) is 2.97. The van der Waals surface area contributed by atoms with Gasteiger partial charge in [0.1, 0.15) is 29.2 Å². The van der Waals surface area contributed by atoms with Gasteiger partial charge < -0.3 is 30.2 Å². The van der Waals surface area contributed by atoms with Crippen LogP contribution in [0.5, 0.6) is 17.2 Å². The number of nitrogens with one attached hydrogen (secondary N) is 2. The highest BCUT2D eigenvalue weighted by molar-refractivity contribution is 6.06. The minimum Gasteiger partial charge on any atom is -0.488 e. The summed E-state index contributed by atoms with van der Waals surface area (Å²) in [6.07, 6.45) is -0.0114. The molecule has 0 bridgehead atoms. The minimum atomic E-state index is -0.470. The molecular formula is C24H32N4O5. The summed E-state index contributed by atoms with van der Waals surface area (Å²) in [6, 6.07) is 11.2. The predicted octanol–water partition coefficient (Wildman–Crippen LogP) is 3.04. The van der Waals surface area contributed by atoms with Crippen LogP contribution in [0.25, 0.3) is 0 Å². The maximum Gasteiger partial charge on any atom is 0.256 e. The summed E-state index contributed by atoms with van der Waals surface area (Å²) >= 11 is 0. The van der Waals surface area contributed by atoms with E-state index in [2.05, 4.69) is 5.32 Å². The number of benzene rings is 2. The quantitative estimate of drug-likeness (QED) is 0.373. The van der Waals surface area contributed by atoms with Crippen molar-refractivity contribution in [2.75, 3.05) is 27.8 Å². The molecule has 0 aromatic heterocycles. The molecule has 9 heteroatoms. The number of ether oxygens (including phenoxy) is 3. The van der Waals surface area contributed by atoms with Gasteiger partial charge in [0.15, 0.2) is 0 Å². The zero-order valence-electron chi connectivity index (χ0n) is 19.7. The molecule has 0 spiro atoms. The summed E-state index contributed by atoms with van der Waals surface area (Å²) in [4.78, 5) is 26.3. The summed E-state index contributed by atoms with van der Waals surface area (Å²) in [5.74, 6) is 0.716. The van der Waals surface area contributed by atoms with Crippen molar-refractivity contribution in [1.29, 1.82) is 5.41 Å². The Kier molecular flexibility index (Phi) is 9.38. The first-order valence-electron chi connectivity index (χ1n) is 10.5. The van der Waals surface area contributed by atoms with Gasteiger partial charge in [0, 0.05) is 50.9 Å². The van der Waals surface area contributed by atoms with Gasteiger partial charge >= 0.3 is 0 Å². The largest absolute Gasteiger partial charge is 0.488 e. The number of nitrogens with two attached hydrogens (primary N) is 1. The number of hydrogen-bond acceptors (Lipinski definition) is 7. The van der Waals surface area contributed by atoms with Crippen molar-refractivity contribution in [1.82, 2.24) is 10.2 Å². The van der Waals surface area contributed by atoms with Crippen molar-refractivity contribution in [3.05, 3.63) is 53.6 Å². The molecule has 0 heterocycles. The average molecular weight is 457 g/mol. The monoisotopic (exact) mass is 456 g/mol. The Bertz CT molecular complexity index is 973. The second kappa shape index (κ2) is 12.0. The Morgan fingerprint density at radius 2 is 1.67 bits per heavy atom. The number of amidine groups is 1. The normalized spacial score (nSPS) is 12.4. The number of hydrogen-bond donors (Lipinski definition) is 3. The summed E-state index contributed by atoms with van der Waals surface area (Å²) in [6.45, 7) is 3.97. The smallest absolute Gasteiger partial charge is 0.256 e. The molecule has 2 unspecified atom stereocenters. The lowest BCUT2D eigenvalue weighted by molar-refractivity contribution is 0.0827. The third-order valence-corrected chi connectivity index (χ3v) is 4.41. The highest BCUT2D eigenvalue weighted by Gasteiger charge is 2.15. The lowest BCUT2D eigenvalue weighted by Crippen LogP contribution is -2.34. The highest BCUT2D eigenvalue weighted by atomic mass is 16.5. The van der Waals surface area contributed by atoms with Crippen LogP contribution in [0.2, 0.25) is 0 Å². The van der Waals surface area contributed by atoms with Crippen molar-refractivity contribution in [3.63, 3.8) is 0 Å². The molecule has 0 aliphatic carbocycles. The molecule has 0 fully saturated rings. The lowest BCUT2D eigenvalue weighted by Gasteiger charge is -2.17. The summed E-state index contributed by atoms with van der Waals surface area (Å²) in [5, 5.41) is 10.5. The van der Waals surface area contributed by atoms with E-state index in [1.807, 2.05) is 6.92 Å². The Hall–Kier alpha value is -3.43. The molecule has 2 amide bonds. The number of nitrogens with zero attached hydrogens (tertiary/aromatic N) is 1. The van der Waals surface area contributed by atoms with Crippen LogP contribution in [-0.4, -0.2) is 62.5 Å². The van der Waals surface area contributed by atoms with Gasteiger partial charge in [0.25, 0.3) is 11.8 Å². The number of amides is 2. The lowest BCUT2D eigenvalue weighted by atomic mass is 10.1. The second-order valence-corrected chi connectivity index (χ2v) is 8.02. The average Bonchev–Trinajstić information content (AvgIpc) is 2.73. The van der Waals surface area contributed by atoms with Gasteiger partial charge in [-0.15, -0.1) is 0 Å². The number of methoxy groups -OCH3 is 1. The first-order valence-corrected chi connectivity index (χ1v) is 10.5. The van der Waals surface area contributed by atoms with E-state index in [1.54, 1.807) is 70.6 Å². The summed E-state index contributed by atoms with van der Waals surface area (Å²) < 4.78 is 16.9. The SMILES string of the molecule is COCC(C)Oc1cc(Oc2ccc(C(=O)N(C)C)cc2)cc(C(=O)NC(=N)CC(C)N)c1. The van der Waals surface area contributed by atoms with Crippen molar-refractivity contribution >= 4 is 17.6 Å². The molecule has 0 saturated carbocycles. The van der Waals surface area contributed by atoms with Gasteiger partial charge in [-0.2, -0.15) is 0 Å². The van der Waals surface area contributed by atoms with Crippen LogP contribution in [0.15, 0.2) is 42.5 Å².